The Bertz CT molecular complexity index is 851. The highest BCUT2D eigenvalue weighted by atomic mass is 19.4. The summed E-state index contributed by atoms with van der Waals surface area (Å²) < 4.78 is 80.5. The topological polar surface area (TPSA) is 15.6 Å². The zero-order valence-electron chi connectivity index (χ0n) is 12.8. The highest BCUT2D eigenvalue weighted by molar-refractivity contribution is 6.00. The lowest BCUT2D eigenvalue weighted by Gasteiger charge is -2.34. The van der Waals surface area contributed by atoms with Crippen molar-refractivity contribution in [1.29, 1.82) is 0 Å². The van der Waals surface area contributed by atoms with Gasteiger partial charge in [-0.05, 0) is 42.5 Å². The summed E-state index contributed by atoms with van der Waals surface area (Å²) in [7, 11) is 0. The van der Waals surface area contributed by atoms with Gasteiger partial charge >= 0.3 is 6.18 Å². The number of halogens is 6. The minimum Gasteiger partial charge on any atom is -0.327 e. The van der Waals surface area contributed by atoms with E-state index in [2.05, 4.69) is 4.99 Å². The number of benzene rings is 1. The Kier molecular flexibility index (Phi) is 3.33. The molecule has 1 atom stereocenters. The summed E-state index contributed by atoms with van der Waals surface area (Å²) in [5.74, 6) is -3.24. The molecule has 0 saturated heterocycles. The van der Waals surface area contributed by atoms with Gasteiger partial charge < -0.3 is 4.90 Å². The molecule has 0 saturated carbocycles. The van der Waals surface area contributed by atoms with Gasteiger partial charge in [-0.25, -0.2) is 13.2 Å². The van der Waals surface area contributed by atoms with Crippen LogP contribution in [0.1, 0.15) is 24.0 Å². The van der Waals surface area contributed by atoms with Crippen LogP contribution in [0.3, 0.4) is 0 Å². The van der Waals surface area contributed by atoms with E-state index in [4.69, 9.17) is 0 Å². The largest absolute Gasteiger partial charge is 0.417 e. The first kappa shape index (κ1) is 16.2. The molecule has 0 amide bonds. The number of hydrogen-bond donors (Lipinski definition) is 0. The van der Waals surface area contributed by atoms with E-state index in [9.17, 15) is 26.3 Å². The van der Waals surface area contributed by atoms with E-state index in [1.807, 2.05) is 0 Å². The first-order valence-electron chi connectivity index (χ1n) is 7.72. The van der Waals surface area contributed by atoms with Crippen LogP contribution in [0.15, 0.2) is 40.8 Å². The molecule has 1 spiro atoms. The average molecular weight is 358 g/mol. The molecule has 25 heavy (non-hydrogen) atoms. The molecule has 3 aliphatic rings. The van der Waals surface area contributed by atoms with E-state index in [1.54, 1.807) is 0 Å². The predicted octanol–water partition coefficient (Wildman–Crippen LogP) is 4.52. The zero-order chi connectivity index (χ0) is 18.0. The van der Waals surface area contributed by atoms with Gasteiger partial charge in [0.1, 0.15) is 5.54 Å². The quantitative estimate of drug-likeness (QED) is 0.623. The van der Waals surface area contributed by atoms with Gasteiger partial charge in [0, 0.05) is 6.20 Å². The van der Waals surface area contributed by atoms with E-state index in [1.165, 1.54) is 6.07 Å². The number of nitrogens with zero attached hydrogens (tertiary/aromatic N) is 2. The molecule has 1 aromatic carbocycles. The molecule has 0 N–H and O–H groups in total. The molecule has 2 heterocycles. The van der Waals surface area contributed by atoms with Crippen LogP contribution in [0.4, 0.5) is 26.3 Å². The SMILES string of the molecule is FC1=CC(C(F)(F)F)=CN2CC3(CCCc4c3ccc(F)c4F)N=C12. The van der Waals surface area contributed by atoms with Crippen LogP contribution in [0.2, 0.25) is 0 Å². The van der Waals surface area contributed by atoms with Crippen molar-refractivity contribution in [2.75, 3.05) is 6.54 Å². The maximum atomic E-state index is 14.2. The number of alkyl halides is 3. The minimum absolute atomic E-state index is 0.0404. The fourth-order valence-corrected chi connectivity index (χ4v) is 3.76. The van der Waals surface area contributed by atoms with Crippen molar-refractivity contribution in [3.8, 4) is 0 Å². The summed E-state index contributed by atoms with van der Waals surface area (Å²) in [6, 6.07) is 2.37. The lowest BCUT2D eigenvalue weighted by Crippen LogP contribution is -2.36. The van der Waals surface area contributed by atoms with Gasteiger partial charge in [0.15, 0.2) is 23.3 Å². The first-order valence-corrected chi connectivity index (χ1v) is 7.72. The average Bonchev–Trinajstić information content (AvgIpc) is 2.90. The van der Waals surface area contributed by atoms with Crippen molar-refractivity contribution >= 4 is 5.84 Å². The lowest BCUT2D eigenvalue weighted by atomic mass is 9.77. The van der Waals surface area contributed by atoms with Crippen LogP contribution < -0.4 is 0 Å². The Morgan fingerprint density at radius 3 is 2.60 bits per heavy atom. The van der Waals surface area contributed by atoms with Crippen molar-refractivity contribution in [3.05, 3.63) is 58.6 Å². The molecule has 0 aromatic heterocycles. The van der Waals surface area contributed by atoms with Gasteiger partial charge in [-0.2, -0.15) is 13.2 Å². The Hall–Kier alpha value is -2.25. The van der Waals surface area contributed by atoms with E-state index < -0.39 is 34.7 Å². The third-order valence-corrected chi connectivity index (χ3v) is 4.86. The van der Waals surface area contributed by atoms with Crippen LogP contribution in [0.5, 0.6) is 0 Å². The number of amidine groups is 1. The van der Waals surface area contributed by atoms with Gasteiger partial charge in [0.05, 0.1) is 12.1 Å². The minimum atomic E-state index is -4.68. The third kappa shape index (κ3) is 2.38. The highest BCUT2D eigenvalue weighted by Gasteiger charge is 2.47. The number of fused-ring (bicyclic) bond motifs is 3. The van der Waals surface area contributed by atoms with Gasteiger partial charge in [0.25, 0.3) is 0 Å². The number of rotatable bonds is 0. The number of aliphatic imine (C=N–C) groups is 1. The molecule has 2 aliphatic heterocycles. The first-order chi connectivity index (χ1) is 11.7. The molecule has 132 valence electrons. The van der Waals surface area contributed by atoms with E-state index >= 15 is 0 Å². The lowest BCUT2D eigenvalue weighted by molar-refractivity contribution is -0.0893. The molecule has 1 aromatic rings. The maximum Gasteiger partial charge on any atom is 0.417 e. The molecule has 2 nitrogen and oxygen atoms in total. The van der Waals surface area contributed by atoms with Crippen LogP contribution in [-0.4, -0.2) is 23.5 Å². The molecular weight excluding hydrogens is 346 g/mol. The predicted molar refractivity (Wildman–Crippen MR) is 78.4 cm³/mol. The standard InChI is InChI=1S/C17H12F6N2/c18-12-4-3-11-10(14(12)20)2-1-5-16(11)8-25-7-9(17(21,22)23)6-13(19)15(25)24-16/h3-4,6-7H,1-2,5,8H2. The molecule has 4 rings (SSSR count). The van der Waals surface area contributed by atoms with Crippen molar-refractivity contribution in [3.63, 3.8) is 0 Å². The number of hydrogen-bond acceptors (Lipinski definition) is 2. The molecule has 0 radical (unpaired) electrons. The van der Waals surface area contributed by atoms with E-state index in [-0.39, 0.29) is 17.9 Å². The van der Waals surface area contributed by atoms with Crippen molar-refractivity contribution in [2.24, 2.45) is 4.99 Å². The molecule has 1 unspecified atom stereocenters. The highest BCUT2D eigenvalue weighted by Crippen LogP contribution is 2.46. The molecule has 0 fully saturated rings. The van der Waals surface area contributed by atoms with Gasteiger partial charge in [-0.3, -0.25) is 4.99 Å². The summed E-state index contributed by atoms with van der Waals surface area (Å²) in [6.45, 7) is -0.0404. The fourth-order valence-electron chi connectivity index (χ4n) is 3.76. The van der Waals surface area contributed by atoms with Crippen molar-refractivity contribution in [2.45, 2.75) is 31.0 Å². The molecule has 8 heteroatoms. The Morgan fingerprint density at radius 2 is 1.88 bits per heavy atom. The normalized spacial score (nSPS) is 25.4. The van der Waals surface area contributed by atoms with E-state index in [0.29, 0.717) is 30.9 Å². The Labute approximate surface area is 139 Å². The third-order valence-electron chi connectivity index (χ3n) is 4.86. The Morgan fingerprint density at radius 1 is 1.12 bits per heavy atom. The second kappa shape index (κ2) is 5.12. The molecule has 0 bridgehead atoms. The van der Waals surface area contributed by atoms with Crippen LogP contribution in [0.25, 0.3) is 0 Å². The van der Waals surface area contributed by atoms with Crippen molar-refractivity contribution < 1.29 is 26.3 Å². The summed E-state index contributed by atoms with van der Waals surface area (Å²) in [5.41, 5.74) is -1.60. The second-order valence-corrected chi connectivity index (χ2v) is 6.41. The van der Waals surface area contributed by atoms with Crippen LogP contribution in [0, 0.1) is 11.6 Å². The van der Waals surface area contributed by atoms with Gasteiger partial charge in [0.2, 0.25) is 0 Å². The zero-order valence-corrected chi connectivity index (χ0v) is 12.8. The summed E-state index contributed by atoms with van der Waals surface area (Å²) >= 11 is 0. The maximum absolute atomic E-state index is 14.2. The second-order valence-electron chi connectivity index (χ2n) is 6.41. The van der Waals surface area contributed by atoms with E-state index in [0.717, 1.165) is 17.2 Å². The number of allylic oxidation sites excluding steroid dienone is 2. The van der Waals surface area contributed by atoms with Gasteiger partial charge in [-0.15, -0.1) is 0 Å². The van der Waals surface area contributed by atoms with Crippen LogP contribution in [-0.2, 0) is 12.0 Å². The van der Waals surface area contributed by atoms with Gasteiger partial charge in [-0.1, -0.05) is 6.07 Å². The van der Waals surface area contributed by atoms with Crippen molar-refractivity contribution in [1.82, 2.24) is 4.90 Å². The monoisotopic (exact) mass is 358 g/mol. The Balaban J connectivity index is 1.81. The smallest absolute Gasteiger partial charge is 0.327 e. The molecular formula is C17H12F6N2. The summed E-state index contributed by atoms with van der Waals surface area (Å²) in [6.07, 6.45) is -2.24. The summed E-state index contributed by atoms with van der Waals surface area (Å²) in [5, 5.41) is 0. The molecule has 1 aliphatic carbocycles. The van der Waals surface area contributed by atoms with Crippen LogP contribution >= 0.6 is 0 Å². The fraction of sp³-hybridized carbons (Fsp3) is 0.353. The summed E-state index contributed by atoms with van der Waals surface area (Å²) in [4.78, 5) is 5.41.